The summed E-state index contributed by atoms with van der Waals surface area (Å²) in [5.41, 5.74) is 2.98. The summed E-state index contributed by atoms with van der Waals surface area (Å²) in [4.78, 5) is 0. The molecule has 4 saturated carbocycles. The Labute approximate surface area is 150 Å². The van der Waals surface area contributed by atoms with Gasteiger partial charge in [-0.15, -0.1) is 0 Å². The van der Waals surface area contributed by atoms with E-state index in [9.17, 15) is 0 Å². The van der Waals surface area contributed by atoms with Crippen molar-refractivity contribution in [1.82, 2.24) is 0 Å². The first-order chi connectivity index (χ1) is 11.3. The van der Waals surface area contributed by atoms with Gasteiger partial charge in [0.05, 0.1) is 0 Å². The van der Waals surface area contributed by atoms with E-state index >= 15 is 0 Å². The maximum Gasteiger partial charge on any atom is -0.00852 e. The second-order valence-corrected chi connectivity index (χ2v) is 10.8. The molecule has 0 saturated heterocycles. The lowest BCUT2D eigenvalue weighted by atomic mass is 9.40. The van der Waals surface area contributed by atoms with Crippen LogP contribution < -0.4 is 0 Å². The van der Waals surface area contributed by atoms with Gasteiger partial charge in [-0.3, -0.25) is 0 Å². The van der Waals surface area contributed by atoms with E-state index in [1.807, 2.05) is 0 Å². The van der Waals surface area contributed by atoms with Crippen LogP contribution in [0.15, 0.2) is 11.6 Å². The summed E-state index contributed by atoms with van der Waals surface area (Å²) in [7, 11) is 0. The summed E-state index contributed by atoms with van der Waals surface area (Å²) >= 11 is 0. The minimum atomic E-state index is 0.537. The van der Waals surface area contributed by atoms with Crippen molar-refractivity contribution in [2.24, 2.45) is 52.3 Å². The molecule has 0 N–H and O–H groups in total. The Hall–Kier alpha value is -0.260. The smallest absolute Gasteiger partial charge is 0.00852 e. The van der Waals surface area contributed by atoms with E-state index in [0.29, 0.717) is 10.8 Å². The van der Waals surface area contributed by atoms with Crippen molar-refractivity contribution in [2.75, 3.05) is 0 Å². The third-order valence-corrected chi connectivity index (χ3v) is 10.1. The van der Waals surface area contributed by atoms with Crippen molar-refractivity contribution < 1.29 is 0 Å². The standard InChI is InChI=1S/C24H40/c1-7-18-8-9-19-22-17(4)16(3)21-14-15(2)10-12-24(21,6)20(22)11-13-23(18,19)5/h7,15-17,19-22H,8-14H2,1-6H3/b18-7-/t15-,16+,17+,19?,20?,21?,22?,23+,24+/m0/s1. The second-order valence-electron chi connectivity index (χ2n) is 10.8. The molecule has 0 heterocycles. The lowest BCUT2D eigenvalue weighted by Crippen LogP contribution is -2.58. The van der Waals surface area contributed by atoms with Crippen LogP contribution in [0.25, 0.3) is 0 Å². The van der Waals surface area contributed by atoms with E-state index in [1.165, 1.54) is 44.9 Å². The molecule has 0 spiro atoms. The summed E-state index contributed by atoms with van der Waals surface area (Å²) in [5.74, 6) is 6.78. The van der Waals surface area contributed by atoms with E-state index in [0.717, 1.165) is 41.4 Å². The molecule has 0 aromatic heterocycles. The molecule has 4 aliphatic rings. The average molecular weight is 329 g/mol. The molecule has 4 unspecified atom stereocenters. The number of hydrogen-bond acceptors (Lipinski definition) is 0. The normalized spacial score (nSPS) is 58.9. The molecular weight excluding hydrogens is 288 g/mol. The largest absolute Gasteiger partial charge is 0.0879 e. The first-order valence-corrected chi connectivity index (χ1v) is 11.0. The molecular formula is C24H40. The van der Waals surface area contributed by atoms with E-state index in [2.05, 4.69) is 47.6 Å². The van der Waals surface area contributed by atoms with Gasteiger partial charge >= 0.3 is 0 Å². The molecule has 0 bridgehead atoms. The van der Waals surface area contributed by atoms with Crippen LogP contribution >= 0.6 is 0 Å². The Morgan fingerprint density at radius 1 is 0.875 bits per heavy atom. The number of fused-ring (bicyclic) bond motifs is 5. The zero-order chi connectivity index (χ0) is 17.3. The molecule has 4 fully saturated rings. The van der Waals surface area contributed by atoms with Gasteiger partial charge in [-0.2, -0.15) is 0 Å². The molecule has 0 aromatic carbocycles. The van der Waals surface area contributed by atoms with Crippen LogP contribution in [0.2, 0.25) is 0 Å². The van der Waals surface area contributed by atoms with Gasteiger partial charge in [0, 0.05) is 0 Å². The highest BCUT2D eigenvalue weighted by Gasteiger charge is 2.62. The number of hydrogen-bond donors (Lipinski definition) is 0. The molecule has 0 nitrogen and oxygen atoms in total. The fourth-order valence-electron chi connectivity index (χ4n) is 8.58. The zero-order valence-corrected chi connectivity index (χ0v) is 17.1. The fourth-order valence-corrected chi connectivity index (χ4v) is 8.58. The third kappa shape index (κ3) is 2.10. The number of rotatable bonds is 0. The van der Waals surface area contributed by atoms with Gasteiger partial charge in [-0.1, -0.05) is 52.7 Å². The fraction of sp³-hybridized carbons (Fsp3) is 0.917. The van der Waals surface area contributed by atoms with E-state index < -0.39 is 0 Å². The quantitative estimate of drug-likeness (QED) is 0.416. The van der Waals surface area contributed by atoms with Crippen molar-refractivity contribution in [3.05, 3.63) is 11.6 Å². The predicted octanol–water partition coefficient (Wildman–Crippen LogP) is 7.10. The molecule has 0 aliphatic heterocycles. The van der Waals surface area contributed by atoms with Gasteiger partial charge in [0.2, 0.25) is 0 Å². The first kappa shape index (κ1) is 17.2. The molecule has 0 radical (unpaired) electrons. The van der Waals surface area contributed by atoms with E-state index in [1.54, 1.807) is 5.57 Å². The Balaban J connectivity index is 1.73. The maximum atomic E-state index is 2.72. The summed E-state index contributed by atoms with van der Waals surface area (Å²) in [5, 5.41) is 0. The van der Waals surface area contributed by atoms with Crippen LogP contribution in [-0.2, 0) is 0 Å². The summed E-state index contributed by atoms with van der Waals surface area (Å²) in [6.07, 6.45) is 12.8. The highest BCUT2D eigenvalue weighted by molar-refractivity contribution is 5.24. The predicted molar refractivity (Wildman–Crippen MR) is 104 cm³/mol. The highest BCUT2D eigenvalue weighted by atomic mass is 14.7. The monoisotopic (exact) mass is 328 g/mol. The van der Waals surface area contributed by atoms with Gasteiger partial charge in [0.1, 0.15) is 0 Å². The minimum absolute atomic E-state index is 0.537. The van der Waals surface area contributed by atoms with Crippen molar-refractivity contribution >= 4 is 0 Å². The van der Waals surface area contributed by atoms with E-state index in [-0.39, 0.29) is 0 Å². The van der Waals surface area contributed by atoms with Gasteiger partial charge < -0.3 is 0 Å². The van der Waals surface area contributed by atoms with Gasteiger partial charge in [-0.05, 0) is 97.7 Å². The van der Waals surface area contributed by atoms with Crippen LogP contribution in [0.4, 0.5) is 0 Å². The SMILES string of the molecule is C/C=C1/CCC2C3C(CC[C@]12C)[C@@]1(C)CC[C@H](C)CC1[C@H](C)[C@H]3C. The topological polar surface area (TPSA) is 0 Å². The van der Waals surface area contributed by atoms with Crippen molar-refractivity contribution in [1.29, 1.82) is 0 Å². The lowest BCUT2D eigenvalue weighted by Gasteiger charge is -2.64. The molecule has 0 amide bonds. The molecule has 0 aromatic rings. The van der Waals surface area contributed by atoms with Crippen LogP contribution in [-0.4, -0.2) is 0 Å². The van der Waals surface area contributed by atoms with Gasteiger partial charge in [0.15, 0.2) is 0 Å². The third-order valence-electron chi connectivity index (χ3n) is 10.1. The zero-order valence-electron chi connectivity index (χ0n) is 17.1. The average Bonchev–Trinajstić information content (AvgIpc) is 2.90. The molecule has 4 aliphatic carbocycles. The second kappa shape index (κ2) is 5.62. The van der Waals surface area contributed by atoms with Crippen molar-refractivity contribution in [2.45, 2.75) is 86.5 Å². The molecule has 24 heavy (non-hydrogen) atoms. The van der Waals surface area contributed by atoms with Gasteiger partial charge in [0.25, 0.3) is 0 Å². The minimum Gasteiger partial charge on any atom is -0.0879 e. The molecule has 4 rings (SSSR count). The summed E-state index contributed by atoms with van der Waals surface area (Å²) in [6.45, 7) is 15.4. The summed E-state index contributed by atoms with van der Waals surface area (Å²) in [6, 6.07) is 0. The Morgan fingerprint density at radius 2 is 1.62 bits per heavy atom. The highest BCUT2D eigenvalue weighted by Crippen LogP contribution is 2.69. The van der Waals surface area contributed by atoms with Gasteiger partial charge in [-0.25, -0.2) is 0 Å². The van der Waals surface area contributed by atoms with E-state index in [4.69, 9.17) is 0 Å². The maximum absolute atomic E-state index is 2.72. The Bertz CT molecular complexity index is 530. The number of allylic oxidation sites excluding steroid dienone is 2. The van der Waals surface area contributed by atoms with Crippen molar-refractivity contribution in [3.63, 3.8) is 0 Å². The van der Waals surface area contributed by atoms with Crippen LogP contribution in [0.1, 0.15) is 86.5 Å². The molecule has 0 heteroatoms. The first-order valence-electron chi connectivity index (χ1n) is 11.0. The van der Waals surface area contributed by atoms with Crippen LogP contribution in [0.3, 0.4) is 0 Å². The van der Waals surface area contributed by atoms with Crippen LogP contribution in [0.5, 0.6) is 0 Å². The summed E-state index contributed by atoms with van der Waals surface area (Å²) < 4.78 is 0. The molecule has 9 atom stereocenters. The Morgan fingerprint density at radius 3 is 2.33 bits per heavy atom. The molecule has 136 valence electrons. The Kier molecular flexibility index (Phi) is 4.02. The van der Waals surface area contributed by atoms with Crippen LogP contribution in [0, 0.1) is 52.3 Å². The lowest BCUT2D eigenvalue weighted by molar-refractivity contribution is -0.156. The van der Waals surface area contributed by atoms with Crippen molar-refractivity contribution in [3.8, 4) is 0 Å².